The van der Waals surface area contributed by atoms with E-state index < -0.39 is 5.97 Å². The molecule has 1 aromatic rings. The van der Waals surface area contributed by atoms with Crippen molar-refractivity contribution in [1.82, 2.24) is 4.90 Å². The number of hydrogen-bond donors (Lipinski definition) is 2. The molecule has 1 fully saturated rings. The number of carboxylic acid groups (broad SMARTS) is 1. The van der Waals surface area contributed by atoms with Gasteiger partial charge in [0.25, 0.3) is 5.91 Å². The zero-order valence-electron chi connectivity index (χ0n) is 11.7. The number of aromatic hydroxyl groups is 1. The maximum atomic E-state index is 12.4. The van der Waals surface area contributed by atoms with Crippen molar-refractivity contribution in [2.45, 2.75) is 32.7 Å². The van der Waals surface area contributed by atoms with Crippen molar-refractivity contribution in [3.05, 3.63) is 29.3 Å². The summed E-state index contributed by atoms with van der Waals surface area (Å²) in [4.78, 5) is 25.1. The Morgan fingerprint density at radius 1 is 1.35 bits per heavy atom. The van der Waals surface area contributed by atoms with Crippen molar-refractivity contribution in [3.63, 3.8) is 0 Å². The molecule has 2 atom stereocenters. The minimum Gasteiger partial charge on any atom is -0.507 e. The lowest BCUT2D eigenvalue weighted by Gasteiger charge is -2.36. The average Bonchev–Trinajstić information content (AvgIpc) is 2.37. The number of likely N-dealkylation sites (tertiary alicyclic amines) is 1. The first-order valence-electron chi connectivity index (χ1n) is 6.73. The first kappa shape index (κ1) is 14.4. The maximum Gasteiger partial charge on any atom is 0.306 e. The lowest BCUT2D eigenvalue weighted by atomic mass is 9.91. The minimum atomic E-state index is -0.804. The van der Waals surface area contributed by atoms with Crippen LogP contribution in [0.25, 0.3) is 0 Å². The first-order valence-corrected chi connectivity index (χ1v) is 6.73. The van der Waals surface area contributed by atoms with Gasteiger partial charge in [-0.1, -0.05) is 6.07 Å². The predicted molar refractivity (Wildman–Crippen MR) is 73.7 cm³/mol. The molecule has 2 N–H and O–H groups in total. The van der Waals surface area contributed by atoms with Crippen LogP contribution >= 0.6 is 0 Å². The molecule has 1 heterocycles. The van der Waals surface area contributed by atoms with Crippen molar-refractivity contribution in [3.8, 4) is 5.75 Å². The summed E-state index contributed by atoms with van der Waals surface area (Å²) >= 11 is 0. The summed E-state index contributed by atoms with van der Waals surface area (Å²) in [6.45, 7) is 4.09. The summed E-state index contributed by atoms with van der Waals surface area (Å²) < 4.78 is 0. The van der Waals surface area contributed by atoms with Gasteiger partial charge in [-0.15, -0.1) is 0 Å². The zero-order valence-corrected chi connectivity index (χ0v) is 11.7. The molecular formula is C15H19NO4. The highest BCUT2D eigenvalue weighted by Crippen LogP contribution is 2.27. The zero-order chi connectivity index (χ0) is 14.9. The number of piperidine rings is 1. The highest BCUT2D eigenvalue weighted by Gasteiger charge is 2.33. The van der Waals surface area contributed by atoms with Gasteiger partial charge in [0.15, 0.2) is 0 Å². The number of hydrogen-bond acceptors (Lipinski definition) is 3. The molecule has 20 heavy (non-hydrogen) atoms. The average molecular weight is 277 g/mol. The number of nitrogens with zero attached hydrogens (tertiary/aromatic N) is 1. The highest BCUT2D eigenvalue weighted by atomic mass is 16.4. The second-order valence-corrected chi connectivity index (χ2v) is 5.43. The third-order valence-electron chi connectivity index (χ3n) is 3.87. The van der Waals surface area contributed by atoms with E-state index in [0.717, 1.165) is 5.56 Å². The molecule has 5 nitrogen and oxygen atoms in total. The Hall–Kier alpha value is -2.04. The number of carbonyl (C=O) groups is 2. The fourth-order valence-corrected chi connectivity index (χ4v) is 2.68. The smallest absolute Gasteiger partial charge is 0.306 e. The van der Waals surface area contributed by atoms with E-state index in [2.05, 4.69) is 0 Å². The van der Waals surface area contributed by atoms with Crippen LogP contribution < -0.4 is 0 Å². The summed E-state index contributed by atoms with van der Waals surface area (Å²) in [5.41, 5.74) is 1.16. The van der Waals surface area contributed by atoms with E-state index in [0.29, 0.717) is 19.4 Å². The lowest BCUT2D eigenvalue weighted by molar-refractivity contribution is -0.143. The summed E-state index contributed by atoms with van der Waals surface area (Å²) in [5, 5.41) is 18.9. The van der Waals surface area contributed by atoms with Crippen LogP contribution in [-0.4, -0.2) is 39.6 Å². The topological polar surface area (TPSA) is 77.8 Å². The van der Waals surface area contributed by atoms with Crippen molar-refractivity contribution in [2.75, 3.05) is 6.54 Å². The second kappa shape index (κ2) is 5.53. The van der Waals surface area contributed by atoms with Gasteiger partial charge in [0.1, 0.15) is 5.75 Å². The molecule has 2 rings (SSSR count). The van der Waals surface area contributed by atoms with Crippen molar-refractivity contribution in [2.24, 2.45) is 5.92 Å². The summed E-state index contributed by atoms with van der Waals surface area (Å²) in [6, 6.07) is 4.81. The van der Waals surface area contributed by atoms with Gasteiger partial charge in [-0.05, 0) is 44.4 Å². The van der Waals surface area contributed by atoms with Crippen LogP contribution in [0.15, 0.2) is 18.2 Å². The monoisotopic (exact) mass is 277 g/mol. The Morgan fingerprint density at radius 2 is 2.05 bits per heavy atom. The molecule has 1 aliphatic rings. The quantitative estimate of drug-likeness (QED) is 0.867. The molecule has 0 bridgehead atoms. The van der Waals surface area contributed by atoms with E-state index in [-0.39, 0.29) is 29.2 Å². The van der Waals surface area contributed by atoms with Crippen molar-refractivity contribution < 1.29 is 19.8 Å². The number of phenols is 1. The number of aryl methyl sites for hydroxylation is 1. The van der Waals surface area contributed by atoms with Crippen molar-refractivity contribution >= 4 is 11.9 Å². The number of amides is 1. The van der Waals surface area contributed by atoms with Crippen LogP contribution in [0.2, 0.25) is 0 Å². The van der Waals surface area contributed by atoms with E-state index in [1.54, 1.807) is 23.1 Å². The second-order valence-electron chi connectivity index (χ2n) is 5.43. The van der Waals surface area contributed by atoms with Crippen LogP contribution in [0, 0.1) is 12.8 Å². The fraction of sp³-hybridized carbons (Fsp3) is 0.467. The molecule has 0 spiro atoms. The predicted octanol–water partition coefficient (Wildman–Crippen LogP) is 2.03. The van der Waals surface area contributed by atoms with Gasteiger partial charge in [0.05, 0.1) is 11.5 Å². The standard InChI is InChI=1S/C15H19NO4/c1-9-3-4-12(13(17)7-9)14(18)16-6-5-11(15(19)20)8-10(16)2/h3-4,7,10-11,17H,5-6,8H2,1-2H3,(H,19,20). The van der Waals surface area contributed by atoms with E-state index in [4.69, 9.17) is 5.11 Å². The molecular weight excluding hydrogens is 258 g/mol. The van der Waals surface area contributed by atoms with E-state index in [9.17, 15) is 14.7 Å². The number of carbonyl (C=O) groups excluding carboxylic acids is 1. The molecule has 1 aromatic carbocycles. The molecule has 1 saturated heterocycles. The van der Waals surface area contributed by atoms with Gasteiger partial charge in [-0.25, -0.2) is 0 Å². The van der Waals surface area contributed by atoms with Crippen LogP contribution in [0.5, 0.6) is 5.75 Å². The third kappa shape index (κ3) is 2.76. The molecule has 2 unspecified atom stereocenters. The van der Waals surface area contributed by atoms with Gasteiger partial charge < -0.3 is 15.1 Å². The fourth-order valence-electron chi connectivity index (χ4n) is 2.68. The van der Waals surface area contributed by atoms with Crippen LogP contribution in [-0.2, 0) is 4.79 Å². The number of rotatable bonds is 2. The Balaban J connectivity index is 2.16. The van der Waals surface area contributed by atoms with Gasteiger partial charge in [-0.3, -0.25) is 9.59 Å². The van der Waals surface area contributed by atoms with Gasteiger partial charge in [-0.2, -0.15) is 0 Å². The third-order valence-corrected chi connectivity index (χ3v) is 3.87. The normalized spacial score (nSPS) is 22.6. The molecule has 0 aliphatic carbocycles. The first-order chi connectivity index (χ1) is 9.40. The van der Waals surface area contributed by atoms with Crippen LogP contribution in [0.1, 0.15) is 35.7 Å². The van der Waals surface area contributed by atoms with Gasteiger partial charge >= 0.3 is 5.97 Å². The Bertz CT molecular complexity index is 541. The SMILES string of the molecule is Cc1ccc(C(=O)N2CCC(C(=O)O)CC2C)c(O)c1. The molecule has 0 aromatic heterocycles. The Labute approximate surface area is 117 Å². The van der Waals surface area contributed by atoms with E-state index in [1.165, 1.54) is 0 Å². The minimum absolute atomic E-state index is 0.0254. The lowest BCUT2D eigenvalue weighted by Crippen LogP contribution is -2.46. The number of aliphatic carboxylic acids is 1. The summed E-state index contributed by atoms with van der Waals surface area (Å²) in [7, 11) is 0. The summed E-state index contributed by atoms with van der Waals surface area (Å²) in [5.74, 6) is -1.45. The number of phenolic OH excluding ortho intramolecular Hbond substituents is 1. The molecule has 108 valence electrons. The number of carboxylic acids is 1. The molecule has 1 aliphatic heterocycles. The van der Waals surface area contributed by atoms with Gasteiger partial charge in [0.2, 0.25) is 0 Å². The largest absolute Gasteiger partial charge is 0.507 e. The van der Waals surface area contributed by atoms with Crippen LogP contribution in [0.3, 0.4) is 0 Å². The highest BCUT2D eigenvalue weighted by molar-refractivity contribution is 5.97. The van der Waals surface area contributed by atoms with E-state index >= 15 is 0 Å². The van der Waals surface area contributed by atoms with E-state index in [1.807, 2.05) is 13.8 Å². The molecule has 1 amide bonds. The summed E-state index contributed by atoms with van der Waals surface area (Å²) in [6.07, 6.45) is 0.908. The van der Waals surface area contributed by atoms with Crippen molar-refractivity contribution in [1.29, 1.82) is 0 Å². The number of benzene rings is 1. The van der Waals surface area contributed by atoms with Crippen LogP contribution in [0.4, 0.5) is 0 Å². The molecule has 5 heteroatoms. The van der Waals surface area contributed by atoms with Gasteiger partial charge in [0, 0.05) is 12.6 Å². The molecule has 0 saturated carbocycles. The molecule has 0 radical (unpaired) electrons. The Morgan fingerprint density at radius 3 is 2.60 bits per heavy atom. The Kier molecular flexibility index (Phi) is 3.97. The maximum absolute atomic E-state index is 12.4.